The predicted octanol–water partition coefficient (Wildman–Crippen LogP) is 1.03. The Morgan fingerprint density at radius 2 is 2.33 bits per heavy atom. The first-order valence-electron chi connectivity index (χ1n) is 4.81. The number of nitrogens with zero attached hydrogens (tertiary/aromatic N) is 1. The molecule has 0 saturated carbocycles. The molecule has 0 radical (unpaired) electrons. The molecular weight excluding hydrogens is 155 g/mol. The average Bonchev–Trinajstić information content (AvgIpc) is 2.06. The van der Waals surface area contributed by atoms with Crippen LogP contribution in [0.2, 0.25) is 0 Å². The van der Waals surface area contributed by atoms with Gasteiger partial charge in [-0.15, -0.1) is 0 Å². The maximum atomic E-state index is 11.9. The SMILES string of the molecule is CN(CCF)C[C@@H]1CCCCN1. The molecule has 0 aromatic heterocycles. The van der Waals surface area contributed by atoms with E-state index in [1.807, 2.05) is 7.05 Å². The lowest BCUT2D eigenvalue weighted by Gasteiger charge is -2.27. The van der Waals surface area contributed by atoms with E-state index in [-0.39, 0.29) is 6.67 Å². The van der Waals surface area contributed by atoms with Crippen LogP contribution >= 0.6 is 0 Å². The average molecular weight is 174 g/mol. The van der Waals surface area contributed by atoms with Crippen LogP contribution < -0.4 is 5.32 Å². The molecule has 0 unspecified atom stereocenters. The lowest BCUT2D eigenvalue weighted by molar-refractivity contribution is 0.244. The molecule has 1 atom stereocenters. The van der Waals surface area contributed by atoms with Gasteiger partial charge in [0.2, 0.25) is 0 Å². The number of rotatable bonds is 4. The first kappa shape index (κ1) is 9.93. The Kier molecular flexibility index (Phi) is 4.54. The summed E-state index contributed by atoms with van der Waals surface area (Å²) >= 11 is 0. The van der Waals surface area contributed by atoms with Crippen LogP contribution in [-0.2, 0) is 0 Å². The van der Waals surface area contributed by atoms with E-state index < -0.39 is 0 Å². The highest BCUT2D eigenvalue weighted by Gasteiger charge is 2.13. The van der Waals surface area contributed by atoms with Crippen LogP contribution in [0.25, 0.3) is 0 Å². The molecule has 0 bridgehead atoms. The summed E-state index contributed by atoms with van der Waals surface area (Å²) in [5.41, 5.74) is 0. The summed E-state index contributed by atoms with van der Waals surface area (Å²) in [7, 11) is 1.98. The molecule has 1 aliphatic heterocycles. The van der Waals surface area contributed by atoms with Gasteiger partial charge in [-0.25, -0.2) is 4.39 Å². The standard InChI is InChI=1S/C9H19FN2/c1-12(7-5-10)8-9-4-2-3-6-11-9/h9,11H,2-8H2,1H3/t9-/m0/s1. The van der Waals surface area contributed by atoms with Gasteiger partial charge >= 0.3 is 0 Å². The molecule has 2 nitrogen and oxygen atoms in total. The van der Waals surface area contributed by atoms with Gasteiger partial charge in [-0.2, -0.15) is 0 Å². The second kappa shape index (κ2) is 5.49. The first-order chi connectivity index (χ1) is 5.83. The van der Waals surface area contributed by atoms with Crippen LogP contribution in [0.15, 0.2) is 0 Å². The van der Waals surface area contributed by atoms with E-state index in [1.165, 1.54) is 19.3 Å². The van der Waals surface area contributed by atoms with Gasteiger partial charge in [-0.3, -0.25) is 0 Å². The zero-order chi connectivity index (χ0) is 8.81. The summed E-state index contributed by atoms with van der Waals surface area (Å²) < 4.78 is 11.9. The van der Waals surface area contributed by atoms with Crippen molar-refractivity contribution in [2.75, 3.05) is 33.4 Å². The van der Waals surface area contributed by atoms with E-state index >= 15 is 0 Å². The highest BCUT2D eigenvalue weighted by atomic mass is 19.1. The third kappa shape index (κ3) is 3.50. The number of likely N-dealkylation sites (N-methyl/N-ethyl adjacent to an activating group) is 1. The predicted molar refractivity (Wildman–Crippen MR) is 49.1 cm³/mol. The molecule has 0 spiro atoms. The first-order valence-corrected chi connectivity index (χ1v) is 4.81. The van der Waals surface area contributed by atoms with Crippen LogP contribution in [0.3, 0.4) is 0 Å². The minimum absolute atomic E-state index is 0.233. The molecule has 1 saturated heterocycles. The minimum Gasteiger partial charge on any atom is -0.313 e. The smallest absolute Gasteiger partial charge is 0.102 e. The van der Waals surface area contributed by atoms with E-state index in [0.29, 0.717) is 12.6 Å². The summed E-state index contributed by atoms with van der Waals surface area (Å²) in [4.78, 5) is 2.06. The summed E-state index contributed by atoms with van der Waals surface area (Å²) in [5, 5.41) is 3.44. The van der Waals surface area contributed by atoms with Crippen molar-refractivity contribution in [2.45, 2.75) is 25.3 Å². The van der Waals surface area contributed by atoms with Crippen LogP contribution in [0.1, 0.15) is 19.3 Å². The van der Waals surface area contributed by atoms with Crippen molar-refractivity contribution in [3.63, 3.8) is 0 Å². The topological polar surface area (TPSA) is 15.3 Å². The Labute approximate surface area is 74.1 Å². The molecule has 1 aliphatic rings. The maximum absolute atomic E-state index is 11.9. The number of hydrogen-bond donors (Lipinski definition) is 1. The van der Waals surface area contributed by atoms with Crippen molar-refractivity contribution in [3.05, 3.63) is 0 Å². The molecule has 1 rings (SSSR count). The molecule has 1 N–H and O–H groups in total. The van der Waals surface area contributed by atoms with E-state index in [0.717, 1.165) is 13.1 Å². The number of piperidine rings is 1. The summed E-state index contributed by atoms with van der Waals surface area (Å²) in [6.45, 7) is 2.46. The van der Waals surface area contributed by atoms with E-state index in [9.17, 15) is 4.39 Å². The third-order valence-electron chi connectivity index (χ3n) is 2.41. The Morgan fingerprint density at radius 1 is 1.50 bits per heavy atom. The van der Waals surface area contributed by atoms with Gasteiger partial charge in [0, 0.05) is 19.1 Å². The minimum atomic E-state index is -0.233. The zero-order valence-electron chi connectivity index (χ0n) is 7.85. The lowest BCUT2D eigenvalue weighted by atomic mass is 10.0. The van der Waals surface area contributed by atoms with Crippen molar-refractivity contribution in [2.24, 2.45) is 0 Å². The highest BCUT2D eigenvalue weighted by molar-refractivity contribution is 4.74. The molecule has 1 fully saturated rings. The van der Waals surface area contributed by atoms with Crippen molar-refractivity contribution in [1.82, 2.24) is 10.2 Å². The Hall–Kier alpha value is -0.150. The Balaban J connectivity index is 2.11. The summed E-state index contributed by atoms with van der Waals surface area (Å²) in [5.74, 6) is 0. The normalized spacial score (nSPS) is 24.8. The van der Waals surface area contributed by atoms with Gasteiger partial charge in [0.15, 0.2) is 0 Å². The van der Waals surface area contributed by atoms with Crippen LogP contribution in [0.5, 0.6) is 0 Å². The molecule has 72 valence electrons. The number of alkyl halides is 1. The molecule has 3 heteroatoms. The van der Waals surface area contributed by atoms with Crippen molar-refractivity contribution < 1.29 is 4.39 Å². The Bertz CT molecular complexity index is 113. The highest BCUT2D eigenvalue weighted by Crippen LogP contribution is 2.07. The van der Waals surface area contributed by atoms with Crippen molar-refractivity contribution in [3.8, 4) is 0 Å². The number of hydrogen-bond acceptors (Lipinski definition) is 2. The summed E-state index contributed by atoms with van der Waals surface area (Å²) in [6.07, 6.45) is 3.86. The van der Waals surface area contributed by atoms with E-state index in [1.54, 1.807) is 0 Å². The zero-order valence-corrected chi connectivity index (χ0v) is 7.85. The lowest BCUT2D eigenvalue weighted by Crippen LogP contribution is -2.42. The van der Waals surface area contributed by atoms with Gasteiger partial charge in [0.1, 0.15) is 6.67 Å². The van der Waals surface area contributed by atoms with Gasteiger partial charge in [-0.1, -0.05) is 6.42 Å². The molecule has 0 aromatic rings. The van der Waals surface area contributed by atoms with Gasteiger partial charge in [-0.05, 0) is 26.4 Å². The van der Waals surface area contributed by atoms with Crippen LogP contribution in [0.4, 0.5) is 4.39 Å². The van der Waals surface area contributed by atoms with E-state index in [4.69, 9.17) is 0 Å². The van der Waals surface area contributed by atoms with Gasteiger partial charge < -0.3 is 10.2 Å². The fourth-order valence-corrected chi connectivity index (χ4v) is 1.69. The molecule has 0 aromatic carbocycles. The van der Waals surface area contributed by atoms with Crippen LogP contribution in [0, 0.1) is 0 Å². The second-order valence-electron chi connectivity index (χ2n) is 3.60. The van der Waals surface area contributed by atoms with Crippen LogP contribution in [-0.4, -0.2) is 44.3 Å². The van der Waals surface area contributed by atoms with Crippen molar-refractivity contribution >= 4 is 0 Å². The van der Waals surface area contributed by atoms with Crippen molar-refractivity contribution in [1.29, 1.82) is 0 Å². The Morgan fingerprint density at radius 3 is 2.92 bits per heavy atom. The molecule has 12 heavy (non-hydrogen) atoms. The monoisotopic (exact) mass is 174 g/mol. The molecular formula is C9H19FN2. The number of halogens is 1. The quantitative estimate of drug-likeness (QED) is 0.685. The molecule has 1 heterocycles. The molecule has 0 amide bonds. The van der Waals surface area contributed by atoms with E-state index in [2.05, 4.69) is 10.2 Å². The van der Waals surface area contributed by atoms with Gasteiger partial charge in [0.05, 0.1) is 0 Å². The number of nitrogens with one attached hydrogen (secondary N) is 1. The van der Waals surface area contributed by atoms with Gasteiger partial charge in [0.25, 0.3) is 0 Å². The molecule has 0 aliphatic carbocycles. The summed E-state index contributed by atoms with van der Waals surface area (Å²) in [6, 6.07) is 0.593. The largest absolute Gasteiger partial charge is 0.313 e. The second-order valence-corrected chi connectivity index (χ2v) is 3.60. The fraction of sp³-hybridized carbons (Fsp3) is 1.00. The fourth-order valence-electron chi connectivity index (χ4n) is 1.69. The third-order valence-corrected chi connectivity index (χ3v) is 2.41. The maximum Gasteiger partial charge on any atom is 0.102 e.